The molecule has 2 fully saturated rings. The minimum atomic E-state index is -0.870. The fourth-order valence-corrected chi connectivity index (χ4v) is 5.63. The summed E-state index contributed by atoms with van der Waals surface area (Å²) in [5.74, 6) is 1.19. The van der Waals surface area contributed by atoms with Gasteiger partial charge in [-0.15, -0.1) is 0 Å². The van der Waals surface area contributed by atoms with Gasteiger partial charge in [-0.3, -0.25) is 9.59 Å². The first-order chi connectivity index (χ1) is 15.0. The molecule has 0 bridgehead atoms. The fraction of sp³-hybridized carbons (Fsp3) is 0.680. The minimum absolute atomic E-state index is 0.0127. The van der Waals surface area contributed by atoms with E-state index in [0.717, 1.165) is 29.9 Å². The lowest BCUT2D eigenvalue weighted by Crippen LogP contribution is -2.56. The third kappa shape index (κ3) is 4.45. The number of carbonyl (C=O) groups is 2. The Morgan fingerprint density at radius 2 is 2.03 bits per heavy atom. The van der Waals surface area contributed by atoms with Crippen molar-refractivity contribution in [3.63, 3.8) is 0 Å². The van der Waals surface area contributed by atoms with Crippen molar-refractivity contribution < 1.29 is 28.9 Å². The molecule has 7 nitrogen and oxygen atoms in total. The van der Waals surface area contributed by atoms with E-state index in [2.05, 4.69) is 13.8 Å². The quantitative estimate of drug-likeness (QED) is 0.736. The second kappa shape index (κ2) is 8.25. The van der Waals surface area contributed by atoms with Crippen molar-refractivity contribution in [1.82, 2.24) is 4.90 Å². The number of methoxy groups -OCH3 is 1. The molecule has 4 rings (SSSR count). The maximum Gasteiger partial charge on any atom is 0.303 e. The van der Waals surface area contributed by atoms with Crippen LogP contribution in [0.2, 0.25) is 0 Å². The Morgan fingerprint density at radius 1 is 1.28 bits per heavy atom. The van der Waals surface area contributed by atoms with Crippen LogP contribution < -0.4 is 9.47 Å². The number of aliphatic carboxylic acids is 1. The molecule has 3 aliphatic rings. The Labute approximate surface area is 190 Å². The van der Waals surface area contributed by atoms with Gasteiger partial charge in [0.1, 0.15) is 17.1 Å². The summed E-state index contributed by atoms with van der Waals surface area (Å²) in [6.07, 6.45) is 2.03. The van der Waals surface area contributed by atoms with Crippen molar-refractivity contribution in [3.8, 4) is 11.5 Å². The van der Waals surface area contributed by atoms with Crippen LogP contribution in [0.1, 0.15) is 65.0 Å². The molecular formula is C25H35NO6. The molecule has 0 unspecified atom stereocenters. The monoisotopic (exact) mass is 445 g/mol. The van der Waals surface area contributed by atoms with Gasteiger partial charge in [0.2, 0.25) is 5.91 Å². The fourth-order valence-electron chi connectivity index (χ4n) is 5.63. The van der Waals surface area contributed by atoms with Gasteiger partial charge in [-0.1, -0.05) is 13.8 Å². The van der Waals surface area contributed by atoms with Crippen molar-refractivity contribution in [1.29, 1.82) is 0 Å². The van der Waals surface area contributed by atoms with Gasteiger partial charge >= 0.3 is 5.97 Å². The number of nitrogens with zero attached hydrogens (tertiary/aromatic N) is 1. The first-order valence-corrected chi connectivity index (χ1v) is 11.5. The highest BCUT2D eigenvalue weighted by molar-refractivity contribution is 5.78. The Kier molecular flexibility index (Phi) is 5.90. The summed E-state index contributed by atoms with van der Waals surface area (Å²) >= 11 is 0. The van der Waals surface area contributed by atoms with Gasteiger partial charge in [-0.25, -0.2) is 0 Å². The summed E-state index contributed by atoms with van der Waals surface area (Å²) in [6.45, 7) is 9.20. The number of carboxylic acid groups (broad SMARTS) is 1. The molecule has 3 aliphatic heterocycles. The first kappa shape index (κ1) is 22.9. The van der Waals surface area contributed by atoms with Crippen molar-refractivity contribution in [2.45, 2.75) is 71.2 Å². The van der Waals surface area contributed by atoms with Gasteiger partial charge < -0.3 is 24.2 Å². The third-order valence-corrected chi connectivity index (χ3v) is 7.31. The van der Waals surface area contributed by atoms with Crippen LogP contribution >= 0.6 is 0 Å². The summed E-state index contributed by atoms with van der Waals surface area (Å²) < 4.78 is 18.4. The largest absolute Gasteiger partial charge is 0.497 e. The van der Waals surface area contributed by atoms with Gasteiger partial charge in [-0.05, 0) is 44.2 Å². The normalized spacial score (nSPS) is 28.6. The summed E-state index contributed by atoms with van der Waals surface area (Å²) in [6, 6.07) is 5.93. The third-order valence-electron chi connectivity index (χ3n) is 7.31. The average Bonchev–Trinajstić information content (AvgIpc) is 2.70. The first-order valence-electron chi connectivity index (χ1n) is 11.5. The predicted molar refractivity (Wildman–Crippen MR) is 119 cm³/mol. The van der Waals surface area contributed by atoms with E-state index in [9.17, 15) is 9.59 Å². The Bertz CT molecular complexity index is 894. The molecule has 0 spiro atoms. The maximum absolute atomic E-state index is 13.0. The summed E-state index contributed by atoms with van der Waals surface area (Å²) in [7, 11) is 1.65. The SMILES string of the molecule is COc1ccc2c(c1)OC(C)(C)[C@@H]1C[C@H]3CN(C(=O)CC(C)(C)CC(=O)O)CC[C@H]3O[C@@H]21. The number of likely N-dealkylation sites (tertiary alicyclic amines) is 1. The highest BCUT2D eigenvalue weighted by atomic mass is 16.5. The standard InChI is InChI=1S/C25H35NO6/c1-24(2,13-22(28)29)12-21(27)26-9-8-19-15(14-26)10-18-23(31-19)17-7-6-16(30-5)11-20(17)32-25(18,3)4/h6-7,11,15,18-19,23H,8-10,12-14H2,1-5H3,(H,28,29)/t15-,18+,19+,23-/m0/s1. The molecule has 0 aliphatic carbocycles. The second-order valence-corrected chi connectivity index (χ2v) is 10.8. The van der Waals surface area contributed by atoms with E-state index in [4.69, 9.17) is 19.3 Å². The van der Waals surface area contributed by atoms with Gasteiger partial charge in [0.05, 0.1) is 25.7 Å². The molecule has 3 heterocycles. The molecule has 2 saturated heterocycles. The zero-order chi connectivity index (χ0) is 23.3. The highest BCUT2D eigenvalue weighted by Crippen LogP contribution is 2.53. The van der Waals surface area contributed by atoms with E-state index in [1.165, 1.54) is 0 Å². The average molecular weight is 446 g/mol. The van der Waals surface area contributed by atoms with Crippen LogP contribution in [0.5, 0.6) is 11.5 Å². The number of carboxylic acids is 1. The lowest BCUT2D eigenvalue weighted by atomic mass is 9.70. The second-order valence-electron chi connectivity index (χ2n) is 10.8. The molecule has 7 heteroatoms. The lowest BCUT2D eigenvalue weighted by molar-refractivity contribution is -0.189. The number of fused-ring (bicyclic) bond motifs is 4. The molecule has 4 atom stereocenters. The van der Waals surface area contributed by atoms with Crippen LogP contribution in [-0.2, 0) is 14.3 Å². The van der Waals surface area contributed by atoms with Crippen molar-refractivity contribution >= 4 is 11.9 Å². The topological polar surface area (TPSA) is 85.3 Å². The summed E-state index contributed by atoms with van der Waals surface area (Å²) in [5.41, 5.74) is 0.116. The molecule has 32 heavy (non-hydrogen) atoms. The highest BCUT2D eigenvalue weighted by Gasteiger charge is 2.51. The number of hydrogen-bond acceptors (Lipinski definition) is 5. The van der Waals surface area contributed by atoms with Crippen LogP contribution in [0.15, 0.2) is 18.2 Å². The molecule has 0 aromatic heterocycles. The van der Waals surface area contributed by atoms with Crippen LogP contribution in [0.4, 0.5) is 0 Å². The number of ether oxygens (including phenoxy) is 3. The molecule has 0 saturated carbocycles. The molecular weight excluding hydrogens is 410 g/mol. The number of piperidine rings is 1. The van der Waals surface area contributed by atoms with E-state index >= 15 is 0 Å². The van der Waals surface area contributed by atoms with Crippen LogP contribution in [-0.4, -0.2) is 53.8 Å². The Balaban J connectivity index is 1.48. The predicted octanol–water partition coefficient (Wildman–Crippen LogP) is 4.05. The van der Waals surface area contributed by atoms with Gasteiger partial charge in [0.25, 0.3) is 0 Å². The smallest absolute Gasteiger partial charge is 0.303 e. The number of amides is 1. The van der Waals surface area contributed by atoms with Crippen LogP contribution in [0.3, 0.4) is 0 Å². The van der Waals surface area contributed by atoms with Crippen molar-refractivity contribution in [3.05, 3.63) is 23.8 Å². The molecule has 176 valence electrons. The molecule has 0 radical (unpaired) electrons. The number of benzene rings is 1. The van der Waals surface area contributed by atoms with E-state index in [1.807, 2.05) is 36.9 Å². The molecule has 1 amide bonds. The van der Waals surface area contributed by atoms with Gasteiger partial charge in [-0.2, -0.15) is 0 Å². The summed E-state index contributed by atoms with van der Waals surface area (Å²) in [4.78, 5) is 26.0. The molecule has 1 aromatic rings. The zero-order valence-electron chi connectivity index (χ0n) is 19.7. The molecule has 1 N–H and O–H groups in total. The van der Waals surface area contributed by atoms with E-state index in [1.54, 1.807) is 7.11 Å². The maximum atomic E-state index is 13.0. The Hall–Kier alpha value is -2.28. The van der Waals surface area contributed by atoms with Gasteiger partial charge in [0.15, 0.2) is 0 Å². The van der Waals surface area contributed by atoms with E-state index < -0.39 is 17.0 Å². The van der Waals surface area contributed by atoms with Crippen molar-refractivity contribution in [2.75, 3.05) is 20.2 Å². The number of hydrogen-bond donors (Lipinski definition) is 1. The number of rotatable bonds is 5. The van der Waals surface area contributed by atoms with Crippen molar-refractivity contribution in [2.24, 2.45) is 17.3 Å². The van der Waals surface area contributed by atoms with Gasteiger partial charge in [0, 0.05) is 43.0 Å². The number of carbonyl (C=O) groups excluding carboxylic acids is 1. The van der Waals surface area contributed by atoms with Crippen LogP contribution in [0.25, 0.3) is 0 Å². The summed E-state index contributed by atoms with van der Waals surface area (Å²) in [5, 5.41) is 9.12. The van der Waals surface area contributed by atoms with E-state index in [-0.39, 0.29) is 42.8 Å². The molecule has 1 aromatic carbocycles. The Morgan fingerprint density at radius 3 is 2.72 bits per heavy atom. The zero-order valence-corrected chi connectivity index (χ0v) is 19.7. The minimum Gasteiger partial charge on any atom is -0.497 e. The van der Waals surface area contributed by atoms with Crippen LogP contribution in [0, 0.1) is 17.3 Å². The lowest BCUT2D eigenvalue weighted by Gasteiger charge is -2.53. The van der Waals surface area contributed by atoms with E-state index in [0.29, 0.717) is 13.1 Å².